The second-order valence-corrected chi connectivity index (χ2v) is 17.3. The molecular formula is C64H47N5O. The molecule has 13 rings (SSSR count). The standard InChI is InChI=1S/C64H47N5O/c1-43(2)37-44-35-36-65-62(38-44)69-57-32-14-11-27-54(57)63-60(68-55-30-12-9-25-52(55)53-26-10-13-31-56(53)68)40-49(41-61(63)69)70-48-24-17-23-47(39-48)66-42-67(59-34-16-15-33-58(59)66)64-50(45-19-5-3-6-20-45)28-18-29-51(64)46-21-7-4-8-22-46/h3-36,38-41,43H,37H2,1-2H3/i3D,4D,5D,6D,7D,8D,19D,20D,21D,22D,37D2. The Labute approximate surface area is 423 Å². The largest absolute Gasteiger partial charge is 0.458 e. The minimum atomic E-state index is -1.65. The lowest BCUT2D eigenvalue weighted by molar-refractivity contribution is -0.571. The second kappa shape index (κ2) is 17.0. The Morgan fingerprint density at radius 1 is 0.571 bits per heavy atom. The summed E-state index contributed by atoms with van der Waals surface area (Å²) in [6.07, 6.45) is 3.48. The molecule has 9 aromatic carbocycles. The first-order valence-corrected chi connectivity index (χ1v) is 23.0. The summed E-state index contributed by atoms with van der Waals surface area (Å²) in [4.78, 5) is 4.89. The van der Waals surface area contributed by atoms with E-state index in [4.69, 9.17) is 26.2 Å². The third kappa shape index (κ3) is 6.95. The van der Waals surface area contributed by atoms with E-state index in [1.54, 1.807) is 39.6 Å². The fraction of sp³-hybridized carbons (Fsp3) is 0.0625. The molecule has 334 valence electrons. The minimum absolute atomic E-state index is 0.134. The summed E-state index contributed by atoms with van der Waals surface area (Å²) in [7, 11) is 0. The minimum Gasteiger partial charge on any atom is -0.458 e. The third-order valence-corrected chi connectivity index (χ3v) is 12.6. The Bertz CT molecular complexity index is 4630. The van der Waals surface area contributed by atoms with Crippen LogP contribution in [0.1, 0.15) is 35.9 Å². The van der Waals surface area contributed by atoms with E-state index in [0.29, 0.717) is 39.6 Å². The van der Waals surface area contributed by atoms with Crippen LogP contribution in [-0.4, -0.2) is 18.7 Å². The van der Waals surface area contributed by atoms with Crippen molar-refractivity contribution in [1.29, 1.82) is 0 Å². The Morgan fingerprint density at radius 3 is 1.84 bits per heavy atom. The number of ether oxygens (including phenoxy) is 1. The summed E-state index contributed by atoms with van der Waals surface area (Å²) in [5.74, 6) is 1.14. The normalized spacial score (nSPS) is 14.4. The molecule has 0 spiro atoms. The maximum Gasteiger partial charge on any atom is 0.269 e. The zero-order chi connectivity index (χ0) is 57.2. The van der Waals surface area contributed by atoms with Crippen molar-refractivity contribution in [2.24, 2.45) is 5.92 Å². The highest BCUT2D eigenvalue weighted by molar-refractivity contribution is 6.16. The molecule has 6 nitrogen and oxygen atoms in total. The van der Waals surface area contributed by atoms with Crippen molar-refractivity contribution in [3.8, 4) is 56.6 Å². The van der Waals surface area contributed by atoms with Crippen LogP contribution in [0.4, 0.5) is 0 Å². The number of hydrogen-bond donors (Lipinski definition) is 0. The average molecular weight is 914 g/mol. The fourth-order valence-electron chi connectivity index (χ4n) is 9.87. The van der Waals surface area contributed by atoms with E-state index in [1.165, 1.54) is 0 Å². The number of nitrogens with zero attached hydrogens (tertiary/aromatic N) is 5. The number of imidazole rings is 1. The van der Waals surface area contributed by atoms with Gasteiger partial charge in [-0.3, -0.25) is 13.7 Å². The van der Waals surface area contributed by atoms with Crippen LogP contribution >= 0.6 is 0 Å². The third-order valence-electron chi connectivity index (χ3n) is 12.6. The first kappa shape index (κ1) is 30.4. The lowest BCUT2D eigenvalue weighted by Gasteiger charge is -2.17. The topological polar surface area (TPSA) is 40.8 Å². The van der Waals surface area contributed by atoms with Crippen molar-refractivity contribution in [3.63, 3.8) is 0 Å². The van der Waals surface area contributed by atoms with Gasteiger partial charge in [-0.25, -0.2) is 4.98 Å². The number of hydrogen-bond acceptors (Lipinski definition) is 2. The Balaban J connectivity index is 1.03. The monoisotopic (exact) mass is 913 g/mol. The molecule has 0 radical (unpaired) electrons. The van der Waals surface area contributed by atoms with Gasteiger partial charge in [0.1, 0.15) is 17.3 Å². The number of benzene rings is 9. The van der Waals surface area contributed by atoms with Gasteiger partial charge in [-0.1, -0.05) is 177 Å². The molecule has 70 heavy (non-hydrogen) atoms. The summed E-state index contributed by atoms with van der Waals surface area (Å²) in [5.41, 5.74) is 6.76. The molecule has 0 atom stereocenters. The summed E-state index contributed by atoms with van der Waals surface area (Å²) < 4.78 is 121. The number of para-hydroxylation sites is 6. The first-order valence-electron chi connectivity index (χ1n) is 29.0. The molecule has 13 aromatic rings. The second-order valence-electron chi connectivity index (χ2n) is 17.3. The van der Waals surface area contributed by atoms with Crippen LogP contribution in [0.5, 0.6) is 11.5 Å². The Hall–Kier alpha value is -9.00. The summed E-state index contributed by atoms with van der Waals surface area (Å²) in [6, 6.07) is 46.4. The van der Waals surface area contributed by atoms with Gasteiger partial charge in [0, 0.05) is 42.6 Å². The van der Waals surface area contributed by atoms with Crippen LogP contribution in [0.25, 0.3) is 99.8 Å². The van der Waals surface area contributed by atoms with E-state index in [9.17, 15) is 0 Å². The molecule has 4 aromatic heterocycles. The lowest BCUT2D eigenvalue weighted by Crippen LogP contribution is -2.31. The highest BCUT2D eigenvalue weighted by Crippen LogP contribution is 2.43. The predicted molar refractivity (Wildman–Crippen MR) is 286 cm³/mol. The van der Waals surface area contributed by atoms with Gasteiger partial charge in [0.05, 0.1) is 63.9 Å². The smallest absolute Gasteiger partial charge is 0.269 e. The maximum absolute atomic E-state index is 9.11. The van der Waals surface area contributed by atoms with E-state index in [1.807, 2.05) is 123 Å². The van der Waals surface area contributed by atoms with E-state index in [0.717, 1.165) is 49.3 Å². The van der Waals surface area contributed by atoms with Crippen molar-refractivity contribution >= 4 is 54.6 Å². The maximum atomic E-state index is 9.11. The molecule has 6 heteroatoms. The van der Waals surface area contributed by atoms with Gasteiger partial charge < -0.3 is 9.30 Å². The number of aromatic nitrogens is 5. The lowest BCUT2D eigenvalue weighted by atomic mass is 9.95. The molecule has 0 aliphatic heterocycles. The first-order chi connectivity index (χ1) is 39.5. The van der Waals surface area contributed by atoms with E-state index in [2.05, 4.69) is 45.8 Å². The van der Waals surface area contributed by atoms with Crippen LogP contribution in [0.15, 0.2) is 230 Å². The van der Waals surface area contributed by atoms with Gasteiger partial charge >= 0.3 is 0 Å². The highest BCUT2D eigenvalue weighted by atomic mass is 16.5. The van der Waals surface area contributed by atoms with Crippen molar-refractivity contribution in [2.45, 2.75) is 20.2 Å². The summed E-state index contributed by atoms with van der Waals surface area (Å²) in [6.45, 7) is 3.73. The molecule has 4 heterocycles. The molecular weight excluding hydrogens is 855 g/mol. The van der Waals surface area contributed by atoms with Crippen molar-refractivity contribution in [3.05, 3.63) is 242 Å². The molecule has 0 amide bonds. The average Bonchev–Trinajstić information content (AvgIpc) is 4.33. The van der Waals surface area contributed by atoms with E-state index < -0.39 is 66.8 Å². The van der Waals surface area contributed by atoms with Crippen LogP contribution < -0.4 is 9.30 Å². The zero-order valence-corrected chi connectivity index (χ0v) is 37.9. The number of rotatable bonds is 10. The molecule has 0 aliphatic carbocycles. The highest BCUT2D eigenvalue weighted by Gasteiger charge is 2.23. The Morgan fingerprint density at radius 2 is 1.17 bits per heavy atom. The van der Waals surface area contributed by atoms with E-state index >= 15 is 0 Å². The predicted octanol–water partition coefficient (Wildman–Crippen LogP) is 15.6. The van der Waals surface area contributed by atoms with Crippen LogP contribution in [0.2, 0.25) is 0 Å². The van der Waals surface area contributed by atoms with Crippen molar-refractivity contribution < 1.29 is 25.8 Å². The number of pyridine rings is 1. The summed E-state index contributed by atoms with van der Waals surface area (Å²) in [5, 5.41) is 4.02. The molecule has 0 bridgehead atoms. The number of fused-ring (bicyclic) bond motifs is 7. The Kier molecular flexibility index (Phi) is 7.36. The van der Waals surface area contributed by atoms with Gasteiger partial charge in [-0.15, -0.1) is 0 Å². The van der Waals surface area contributed by atoms with E-state index in [-0.39, 0.29) is 33.9 Å². The van der Waals surface area contributed by atoms with Crippen LogP contribution in [0, 0.1) is 12.2 Å². The van der Waals surface area contributed by atoms with Gasteiger partial charge in [-0.05, 0) is 88.6 Å². The van der Waals surface area contributed by atoms with Crippen LogP contribution in [0.3, 0.4) is 0 Å². The SMILES string of the molecule is [2H]c1c([2H])c([2H])c(-c2cccc(-c3c([2H])c([2H])c([2H])c([2H])c3[2H])c2-[n+]2[c-]n(-c3cccc(Oc4cc(-n5c6ccccc6c6ccccc65)c5c6ccccc6n(-c6cc(C([2H])([2H])C(C)C)ccn6)c5c4)c3)c3ccccc32)c([2H])c1[2H]. The molecule has 0 unspecified atom stereocenters. The fourth-order valence-corrected chi connectivity index (χ4v) is 9.87. The quantitative estimate of drug-likeness (QED) is 0.101. The molecule has 0 saturated carbocycles. The molecule has 0 fully saturated rings. The van der Waals surface area contributed by atoms with Gasteiger partial charge in [-0.2, -0.15) is 0 Å². The van der Waals surface area contributed by atoms with Gasteiger partial charge in [0.2, 0.25) is 0 Å². The molecule has 0 saturated heterocycles. The van der Waals surface area contributed by atoms with Gasteiger partial charge in [0.25, 0.3) is 6.33 Å². The summed E-state index contributed by atoms with van der Waals surface area (Å²) >= 11 is 0. The van der Waals surface area contributed by atoms with Crippen LogP contribution in [-0.2, 0) is 6.37 Å². The van der Waals surface area contributed by atoms with Crippen molar-refractivity contribution in [1.82, 2.24) is 18.7 Å². The zero-order valence-electron chi connectivity index (χ0n) is 49.9. The molecule has 0 aliphatic rings. The van der Waals surface area contributed by atoms with Gasteiger partial charge in [0.15, 0.2) is 0 Å². The molecule has 0 N–H and O–H groups in total. The van der Waals surface area contributed by atoms with Crippen molar-refractivity contribution in [2.75, 3.05) is 0 Å².